The van der Waals surface area contributed by atoms with Crippen LogP contribution < -0.4 is 0 Å². The van der Waals surface area contributed by atoms with Gasteiger partial charge in [-0.05, 0) is 79.4 Å². The first kappa shape index (κ1) is 13.4. The van der Waals surface area contributed by atoms with Crippen molar-refractivity contribution >= 4 is 0 Å². The first-order valence-corrected chi connectivity index (χ1v) is 9.22. The third-order valence-electron chi connectivity index (χ3n) is 8.31. The van der Waals surface area contributed by atoms with E-state index >= 15 is 0 Å². The molecule has 0 nitrogen and oxygen atoms in total. The Labute approximate surface area is 125 Å². The van der Waals surface area contributed by atoms with Gasteiger partial charge in [0, 0.05) is 0 Å². The maximum absolute atomic E-state index is 4.57. The van der Waals surface area contributed by atoms with Gasteiger partial charge in [0.25, 0.3) is 0 Å². The van der Waals surface area contributed by atoms with Crippen molar-refractivity contribution in [1.82, 2.24) is 0 Å². The molecule has 0 bridgehead atoms. The van der Waals surface area contributed by atoms with Crippen molar-refractivity contribution in [3.05, 3.63) is 12.2 Å². The van der Waals surface area contributed by atoms with Crippen LogP contribution in [0.4, 0.5) is 0 Å². The van der Waals surface area contributed by atoms with E-state index in [1.54, 1.807) is 5.57 Å². The molecule has 0 heteroatoms. The SMILES string of the molecule is C=C1C[C@H]2[C@@H]3CCC[C@@]3(C)CC[C@@H]2[C@@]2(C)CCCCC12. The molecule has 4 aliphatic rings. The second-order valence-electron chi connectivity index (χ2n) is 9.13. The average molecular weight is 272 g/mol. The Morgan fingerprint density at radius 3 is 2.60 bits per heavy atom. The lowest BCUT2D eigenvalue weighted by Crippen LogP contribution is -2.52. The number of rotatable bonds is 0. The molecule has 0 saturated heterocycles. The maximum Gasteiger partial charge on any atom is -0.0149 e. The molecule has 0 N–H and O–H groups in total. The summed E-state index contributed by atoms with van der Waals surface area (Å²) in [5, 5.41) is 0. The van der Waals surface area contributed by atoms with Crippen LogP contribution in [0.15, 0.2) is 12.2 Å². The molecule has 0 aromatic carbocycles. The molecule has 20 heavy (non-hydrogen) atoms. The summed E-state index contributed by atoms with van der Waals surface area (Å²) in [6, 6.07) is 0. The number of hydrogen-bond donors (Lipinski definition) is 0. The Morgan fingerprint density at radius 1 is 0.900 bits per heavy atom. The molecule has 4 fully saturated rings. The van der Waals surface area contributed by atoms with Crippen molar-refractivity contribution in [3.8, 4) is 0 Å². The minimum Gasteiger partial charge on any atom is -0.0995 e. The minimum atomic E-state index is 0.613. The van der Waals surface area contributed by atoms with Gasteiger partial charge in [-0.15, -0.1) is 0 Å². The van der Waals surface area contributed by atoms with Gasteiger partial charge in [0.2, 0.25) is 0 Å². The smallest absolute Gasteiger partial charge is 0.0149 e. The van der Waals surface area contributed by atoms with E-state index in [-0.39, 0.29) is 0 Å². The van der Waals surface area contributed by atoms with E-state index in [0.717, 1.165) is 23.7 Å². The fraction of sp³-hybridized carbons (Fsp3) is 0.900. The molecule has 0 amide bonds. The zero-order valence-electron chi connectivity index (χ0n) is 13.6. The predicted octanol–water partition coefficient (Wildman–Crippen LogP) is 5.98. The van der Waals surface area contributed by atoms with Gasteiger partial charge < -0.3 is 0 Å². The van der Waals surface area contributed by atoms with Gasteiger partial charge in [-0.25, -0.2) is 0 Å². The van der Waals surface area contributed by atoms with Crippen LogP contribution in [0.2, 0.25) is 0 Å². The summed E-state index contributed by atoms with van der Waals surface area (Å²) in [5.41, 5.74) is 2.95. The largest absolute Gasteiger partial charge is 0.0995 e. The highest BCUT2D eigenvalue weighted by molar-refractivity contribution is 5.19. The second-order valence-corrected chi connectivity index (χ2v) is 9.13. The number of hydrogen-bond acceptors (Lipinski definition) is 0. The van der Waals surface area contributed by atoms with Crippen LogP contribution in [0.5, 0.6) is 0 Å². The standard InChI is InChI=1S/C20H32/c1-14-13-15-17-8-6-10-19(17,2)12-9-18(15)20(3)11-5-4-7-16(14)20/h15-18H,1,4-13H2,2-3H3/t15-,16?,17-,18-,19-,20-/m0/s1. The van der Waals surface area contributed by atoms with Crippen molar-refractivity contribution in [3.63, 3.8) is 0 Å². The maximum atomic E-state index is 4.57. The van der Waals surface area contributed by atoms with Crippen molar-refractivity contribution in [1.29, 1.82) is 0 Å². The highest BCUT2D eigenvalue weighted by atomic mass is 14.6. The van der Waals surface area contributed by atoms with Gasteiger partial charge in [-0.1, -0.05) is 45.3 Å². The number of fused-ring (bicyclic) bond motifs is 5. The highest BCUT2D eigenvalue weighted by Crippen LogP contribution is 2.66. The summed E-state index contributed by atoms with van der Waals surface area (Å²) in [6.07, 6.45) is 14.8. The topological polar surface area (TPSA) is 0 Å². The van der Waals surface area contributed by atoms with Gasteiger partial charge >= 0.3 is 0 Å². The van der Waals surface area contributed by atoms with Gasteiger partial charge in [-0.2, -0.15) is 0 Å². The molecule has 0 spiro atoms. The van der Waals surface area contributed by atoms with Crippen LogP contribution in [-0.2, 0) is 0 Å². The van der Waals surface area contributed by atoms with Crippen LogP contribution in [0, 0.1) is 34.5 Å². The Balaban J connectivity index is 1.70. The molecule has 0 radical (unpaired) electrons. The Morgan fingerprint density at radius 2 is 1.75 bits per heavy atom. The van der Waals surface area contributed by atoms with E-state index in [2.05, 4.69) is 20.4 Å². The molecule has 0 heterocycles. The summed E-state index contributed by atoms with van der Waals surface area (Å²) in [6.45, 7) is 9.83. The van der Waals surface area contributed by atoms with Crippen molar-refractivity contribution < 1.29 is 0 Å². The summed E-state index contributed by atoms with van der Waals surface area (Å²) in [7, 11) is 0. The normalized spacial score (nSPS) is 55.0. The van der Waals surface area contributed by atoms with Crippen LogP contribution in [-0.4, -0.2) is 0 Å². The molecule has 0 aromatic rings. The molecule has 0 aliphatic heterocycles. The predicted molar refractivity (Wildman–Crippen MR) is 85.5 cm³/mol. The molecule has 1 unspecified atom stereocenters. The summed E-state index contributed by atoms with van der Waals surface area (Å²) >= 11 is 0. The lowest BCUT2D eigenvalue weighted by atomic mass is 9.44. The molecule has 4 aliphatic carbocycles. The van der Waals surface area contributed by atoms with E-state index in [1.165, 1.54) is 64.2 Å². The molecule has 4 saturated carbocycles. The van der Waals surface area contributed by atoms with Gasteiger partial charge in [0.05, 0.1) is 0 Å². The molecule has 112 valence electrons. The fourth-order valence-corrected chi connectivity index (χ4v) is 7.30. The Bertz CT molecular complexity index is 422. The molecule has 4 rings (SSSR count). The lowest BCUT2D eigenvalue weighted by Gasteiger charge is -2.60. The number of allylic oxidation sites excluding steroid dienone is 1. The second kappa shape index (κ2) is 4.37. The van der Waals surface area contributed by atoms with Crippen molar-refractivity contribution in [2.75, 3.05) is 0 Å². The third kappa shape index (κ3) is 1.66. The van der Waals surface area contributed by atoms with Crippen LogP contribution >= 0.6 is 0 Å². The first-order valence-electron chi connectivity index (χ1n) is 9.22. The molecule has 6 atom stereocenters. The third-order valence-corrected chi connectivity index (χ3v) is 8.31. The Kier molecular flexibility index (Phi) is 2.93. The van der Waals surface area contributed by atoms with E-state index in [0.29, 0.717) is 10.8 Å². The van der Waals surface area contributed by atoms with Gasteiger partial charge in [-0.3, -0.25) is 0 Å². The lowest BCUT2D eigenvalue weighted by molar-refractivity contribution is -0.0797. The van der Waals surface area contributed by atoms with Crippen LogP contribution in [0.3, 0.4) is 0 Å². The average Bonchev–Trinajstić information content (AvgIpc) is 2.81. The molecular weight excluding hydrogens is 240 g/mol. The minimum absolute atomic E-state index is 0.613. The zero-order valence-corrected chi connectivity index (χ0v) is 13.6. The quantitative estimate of drug-likeness (QED) is 0.476. The Hall–Kier alpha value is -0.260. The fourth-order valence-electron chi connectivity index (χ4n) is 7.30. The summed E-state index contributed by atoms with van der Waals surface area (Å²) in [5.74, 6) is 3.90. The van der Waals surface area contributed by atoms with E-state index in [9.17, 15) is 0 Å². The summed E-state index contributed by atoms with van der Waals surface area (Å²) < 4.78 is 0. The van der Waals surface area contributed by atoms with Crippen LogP contribution in [0.1, 0.15) is 78.1 Å². The van der Waals surface area contributed by atoms with E-state index in [1.807, 2.05) is 0 Å². The van der Waals surface area contributed by atoms with E-state index < -0.39 is 0 Å². The van der Waals surface area contributed by atoms with Crippen molar-refractivity contribution in [2.45, 2.75) is 78.1 Å². The molecule has 0 aromatic heterocycles. The zero-order chi connectivity index (χ0) is 14.0. The highest BCUT2D eigenvalue weighted by Gasteiger charge is 2.57. The summed E-state index contributed by atoms with van der Waals surface area (Å²) in [4.78, 5) is 0. The van der Waals surface area contributed by atoms with E-state index in [4.69, 9.17) is 0 Å². The monoisotopic (exact) mass is 272 g/mol. The first-order chi connectivity index (χ1) is 9.55. The van der Waals surface area contributed by atoms with Crippen molar-refractivity contribution in [2.24, 2.45) is 34.5 Å². The van der Waals surface area contributed by atoms with Gasteiger partial charge in [0.15, 0.2) is 0 Å². The van der Waals surface area contributed by atoms with Gasteiger partial charge in [0.1, 0.15) is 0 Å². The van der Waals surface area contributed by atoms with Crippen LogP contribution in [0.25, 0.3) is 0 Å². The molecular formula is C20H32.